The van der Waals surface area contributed by atoms with E-state index in [0.717, 1.165) is 30.9 Å². The van der Waals surface area contributed by atoms with Crippen LogP contribution in [-0.2, 0) is 9.59 Å². The van der Waals surface area contributed by atoms with Crippen LogP contribution < -0.4 is 5.32 Å². The maximum absolute atomic E-state index is 13.8. The average molecular weight is 530 g/mol. The Morgan fingerprint density at radius 3 is 2.14 bits per heavy atom. The number of carboxylic acids is 1. The summed E-state index contributed by atoms with van der Waals surface area (Å²) in [5, 5.41) is 12.1. The van der Waals surface area contributed by atoms with Gasteiger partial charge in [0, 0.05) is 0 Å². The SMILES string of the molecule is CC(C(C(=O)Nc1cc(C(CC(=O)O)C2CC2)ccc1Cl)c1ccc(-c2ccccc2)cc1)C(F)(F)F. The summed E-state index contributed by atoms with van der Waals surface area (Å²) in [5.41, 5.74) is 2.83. The molecule has 0 aliphatic heterocycles. The molecule has 4 nitrogen and oxygen atoms in total. The Bertz CT molecular complexity index is 1260. The van der Waals surface area contributed by atoms with Crippen molar-refractivity contribution in [3.63, 3.8) is 0 Å². The summed E-state index contributed by atoms with van der Waals surface area (Å²) in [7, 11) is 0. The lowest BCUT2D eigenvalue weighted by Crippen LogP contribution is -2.34. The third kappa shape index (κ3) is 6.52. The number of amides is 1. The smallest absolute Gasteiger partial charge is 0.392 e. The standard InChI is InChI=1S/C29H27ClF3NO3/c1-17(29(31,32)33)27(21-11-7-19(8-12-21)18-5-3-2-4-6-18)28(37)34-25-15-22(13-14-24(25)30)23(16-26(35)36)20-9-10-20/h2-8,11-15,17,20,23,27H,9-10,16H2,1H3,(H,34,37)(H,35,36). The molecule has 3 aromatic carbocycles. The Balaban J connectivity index is 1.63. The summed E-state index contributed by atoms with van der Waals surface area (Å²) in [6.45, 7) is 0.989. The molecule has 1 fully saturated rings. The van der Waals surface area contributed by atoms with Crippen molar-refractivity contribution in [2.24, 2.45) is 11.8 Å². The van der Waals surface area contributed by atoms with E-state index in [4.69, 9.17) is 11.6 Å². The zero-order chi connectivity index (χ0) is 26.7. The first-order valence-corrected chi connectivity index (χ1v) is 12.5. The summed E-state index contributed by atoms with van der Waals surface area (Å²) in [4.78, 5) is 24.7. The lowest BCUT2D eigenvalue weighted by Gasteiger charge is -2.26. The zero-order valence-electron chi connectivity index (χ0n) is 20.1. The van der Waals surface area contributed by atoms with Crippen LogP contribution in [0.2, 0.25) is 5.02 Å². The van der Waals surface area contributed by atoms with Gasteiger partial charge in [-0.3, -0.25) is 9.59 Å². The summed E-state index contributed by atoms with van der Waals surface area (Å²) in [6.07, 6.45) is -2.86. The third-order valence-corrected chi connectivity index (χ3v) is 7.27. The fourth-order valence-electron chi connectivity index (χ4n) is 4.69. The highest BCUT2D eigenvalue weighted by Crippen LogP contribution is 2.46. The summed E-state index contributed by atoms with van der Waals surface area (Å²) >= 11 is 6.30. The second-order valence-corrected chi connectivity index (χ2v) is 9.97. The highest BCUT2D eigenvalue weighted by Gasteiger charge is 2.45. The van der Waals surface area contributed by atoms with Gasteiger partial charge in [0.05, 0.1) is 29.0 Å². The molecule has 194 valence electrons. The molecule has 3 aromatic rings. The number of aliphatic carboxylic acids is 1. The lowest BCUT2D eigenvalue weighted by atomic mass is 9.85. The van der Waals surface area contributed by atoms with Crippen molar-refractivity contribution >= 4 is 29.2 Å². The van der Waals surface area contributed by atoms with Gasteiger partial charge in [-0.25, -0.2) is 0 Å². The molecule has 0 radical (unpaired) electrons. The van der Waals surface area contributed by atoms with Crippen LogP contribution in [0.15, 0.2) is 72.8 Å². The minimum absolute atomic E-state index is 0.0683. The highest BCUT2D eigenvalue weighted by molar-refractivity contribution is 6.33. The first kappa shape index (κ1) is 26.7. The molecule has 3 unspecified atom stereocenters. The summed E-state index contributed by atoms with van der Waals surface area (Å²) < 4.78 is 41.5. The molecule has 0 bridgehead atoms. The Labute approximate surface area is 218 Å². The fraction of sp³-hybridized carbons (Fsp3) is 0.310. The van der Waals surface area contributed by atoms with Crippen LogP contribution in [0.4, 0.5) is 18.9 Å². The number of alkyl halides is 3. The number of carbonyl (C=O) groups excluding carboxylic acids is 1. The van der Waals surface area contributed by atoms with Crippen LogP contribution >= 0.6 is 11.6 Å². The second-order valence-electron chi connectivity index (χ2n) is 9.57. The molecule has 0 heterocycles. The molecule has 1 saturated carbocycles. The number of anilines is 1. The van der Waals surface area contributed by atoms with Gasteiger partial charge in [-0.1, -0.05) is 79.2 Å². The molecule has 0 aromatic heterocycles. The molecule has 8 heteroatoms. The molecule has 0 spiro atoms. The van der Waals surface area contributed by atoms with E-state index >= 15 is 0 Å². The number of carbonyl (C=O) groups is 2. The number of nitrogens with one attached hydrogen (secondary N) is 1. The van der Waals surface area contributed by atoms with Gasteiger partial charge in [-0.2, -0.15) is 13.2 Å². The van der Waals surface area contributed by atoms with Gasteiger partial charge in [0.2, 0.25) is 5.91 Å². The number of halogens is 4. The highest BCUT2D eigenvalue weighted by atomic mass is 35.5. The second kappa shape index (κ2) is 11.0. The quantitative estimate of drug-likeness (QED) is 0.296. The van der Waals surface area contributed by atoms with E-state index in [2.05, 4.69) is 5.32 Å². The van der Waals surface area contributed by atoms with Crippen LogP contribution in [0.25, 0.3) is 11.1 Å². The first-order chi connectivity index (χ1) is 17.5. The van der Waals surface area contributed by atoms with Crippen molar-refractivity contribution in [2.75, 3.05) is 5.32 Å². The van der Waals surface area contributed by atoms with E-state index in [1.165, 1.54) is 0 Å². The maximum Gasteiger partial charge on any atom is 0.392 e. The average Bonchev–Trinajstić information content (AvgIpc) is 3.70. The largest absolute Gasteiger partial charge is 0.481 e. The van der Waals surface area contributed by atoms with Crippen molar-refractivity contribution in [1.82, 2.24) is 0 Å². The summed E-state index contributed by atoms with van der Waals surface area (Å²) in [5.74, 6) is -5.26. The number of hydrogen-bond donors (Lipinski definition) is 2. The van der Waals surface area contributed by atoms with Crippen molar-refractivity contribution in [3.8, 4) is 11.1 Å². The Morgan fingerprint density at radius 2 is 1.57 bits per heavy atom. The Kier molecular flexibility index (Phi) is 7.93. The van der Waals surface area contributed by atoms with E-state index in [1.807, 2.05) is 30.3 Å². The predicted octanol–water partition coefficient (Wildman–Crippen LogP) is 7.90. The number of benzene rings is 3. The molecule has 0 saturated heterocycles. The van der Waals surface area contributed by atoms with E-state index in [-0.39, 0.29) is 34.5 Å². The van der Waals surface area contributed by atoms with E-state index in [1.54, 1.807) is 42.5 Å². The first-order valence-electron chi connectivity index (χ1n) is 12.1. The zero-order valence-corrected chi connectivity index (χ0v) is 20.9. The van der Waals surface area contributed by atoms with Crippen LogP contribution in [0.1, 0.15) is 49.1 Å². The van der Waals surface area contributed by atoms with Crippen molar-refractivity contribution in [1.29, 1.82) is 0 Å². The number of carboxylic acid groups (broad SMARTS) is 1. The predicted molar refractivity (Wildman–Crippen MR) is 138 cm³/mol. The van der Waals surface area contributed by atoms with Gasteiger partial charge >= 0.3 is 12.1 Å². The van der Waals surface area contributed by atoms with Crippen LogP contribution in [-0.4, -0.2) is 23.2 Å². The molecule has 1 aliphatic carbocycles. The molecule has 4 rings (SSSR count). The maximum atomic E-state index is 13.8. The van der Waals surface area contributed by atoms with Gasteiger partial charge in [-0.15, -0.1) is 0 Å². The normalized spacial score (nSPS) is 16.0. The van der Waals surface area contributed by atoms with Gasteiger partial charge in [0.15, 0.2) is 0 Å². The molecule has 37 heavy (non-hydrogen) atoms. The van der Waals surface area contributed by atoms with E-state index in [0.29, 0.717) is 5.56 Å². The van der Waals surface area contributed by atoms with Crippen LogP contribution in [0, 0.1) is 11.8 Å². The fourth-order valence-corrected chi connectivity index (χ4v) is 4.86. The molecule has 2 N–H and O–H groups in total. The van der Waals surface area contributed by atoms with Gasteiger partial charge in [-0.05, 0) is 59.1 Å². The van der Waals surface area contributed by atoms with Gasteiger partial charge in [0.1, 0.15) is 0 Å². The molecular formula is C29H27ClF3NO3. The Hall–Kier alpha value is -3.32. The Morgan fingerprint density at radius 1 is 0.973 bits per heavy atom. The van der Waals surface area contributed by atoms with E-state index in [9.17, 15) is 27.9 Å². The van der Waals surface area contributed by atoms with E-state index < -0.39 is 29.9 Å². The third-order valence-electron chi connectivity index (χ3n) is 6.94. The summed E-state index contributed by atoms with van der Waals surface area (Å²) in [6, 6.07) is 20.7. The van der Waals surface area contributed by atoms with Crippen molar-refractivity contribution in [2.45, 2.75) is 44.2 Å². The topological polar surface area (TPSA) is 66.4 Å². The molecule has 1 aliphatic rings. The molecule has 1 amide bonds. The molecular weight excluding hydrogens is 503 g/mol. The van der Waals surface area contributed by atoms with Gasteiger partial charge in [0.25, 0.3) is 0 Å². The van der Waals surface area contributed by atoms with Gasteiger partial charge < -0.3 is 10.4 Å². The van der Waals surface area contributed by atoms with Crippen molar-refractivity contribution < 1.29 is 27.9 Å². The van der Waals surface area contributed by atoms with Crippen molar-refractivity contribution in [3.05, 3.63) is 88.9 Å². The minimum Gasteiger partial charge on any atom is -0.481 e. The number of rotatable bonds is 9. The van der Waals surface area contributed by atoms with Crippen LogP contribution in [0.3, 0.4) is 0 Å². The monoisotopic (exact) mass is 529 g/mol. The van der Waals surface area contributed by atoms with Crippen LogP contribution in [0.5, 0.6) is 0 Å². The lowest BCUT2D eigenvalue weighted by molar-refractivity contribution is -0.178. The minimum atomic E-state index is -4.61. The number of hydrogen-bond acceptors (Lipinski definition) is 2. The molecule has 3 atom stereocenters.